The standard InChI is InChI=1S/C6H10O6/c7-1-2-3(8)4(9)5(10)6(11)12-2/h2,4-7,9-11H,1H2/t2-,4+,5-,6+/m1/s1. The fraction of sp³-hybridized carbons (Fsp3) is 0.833. The second-order valence-corrected chi connectivity index (χ2v) is 2.54. The number of Topliss-reactive ketones (excluding diaryl/α,β-unsaturated/α-hetero) is 1. The number of carbonyl (C=O) groups excluding carboxylic acids is 1. The zero-order chi connectivity index (χ0) is 9.30. The van der Waals surface area contributed by atoms with Gasteiger partial charge in [-0.2, -0.15) is 0 Å². The molecule has 0 spiro atoms. The third-order valence-electron chi connectivity index (χ3n) is 1.69. The van der Waals surface area contributed by atoms with E-state index >= 15 is 0 Å². The zero-order valence-corrected chi connectivity index (χ0v) is 6.12. The molecule has 4 N–H and O–H groups in total. The number of aliphatic hydroxyl groups is 4. The molecular weight excluding hydrogens is 168 g/mol. The first-order valence-corrected chi connectivity index (χ1v) is 3.42. The molecular formula is C6H10O6. The van der Waals surface area contributed by atoms with Crippen molar-refractivity contribution in [1.82, 2.24) is 0 Å². The van der Waals surface area contributed by atoms with Gasteiger partial charge in [0, 0.05) is 0 Å². The Kier molecular flexibility index (Phi) is 2.76. The maximum absolute atomic E-state index is 10.9. The molecule has 70 valence electrons. The number of hydrogen-bond donors (Lipinski definition) is 4. The second kappa shape index (κ2) is 3.46. The van der Waals surface area contributed by atoms with Crippen molar-refractivity contribution in [3.8, 4) is 0 Å². The zero-order valence-electron chi connectivity index (χ0n) is 6.12. The monoisotopic (exact) mass is 178 g/mol. The maximum atomic E-state index is 10.9. The van der Waals surface area contributed by atoms with Crippen LogP contribution in [0, 0.1) is 0 Å². The lowest BCUT2D eigenvalue weighted by Gasteiger charge is -2.31. The van der Waals surface area contributed by atoms with Gasteiger partial charge in [0.15, 0.2) is 12.1 Å². The SMILES string of the molecule is O=C1[C@@H](CO)O[C@H](O)[C@H](O)[C@H]1O. The molecule has 1 aliphatic heterocycles. The Hall–Kier alpha value is -0.530. The van der Waals surface area contributed by atoms with Gasteiger partial charge in [-0.25, -0.2) is 0 Å². The van der Waals surface area contributed by atoms with Gasteiger partial charge in [-0.05, 0) is 0 Å². The first-order valence-electron chi connectivity index (χ1n) is 3.42. The average Bonchev–Trinajstić information content (AvgIpc) is 2.08. The van der Waals surface area contributed by atoms with E-state index in [2.05, 4.69) is 4.74 Å². The highest BCUT2D eigenvalue weighted by atomic mass is 16.6. The van der Waals surface area contributed by atoms with Crippen LogP contribution in [-0.4, -0.2) is 57.4 Å². The molecule has 0 aliphatic carbocycles. The predicted molar refractivity (Wildman–Crippen MR) is 35.0 cm³/mol. The van der Waals surface area contributed by atoms with Gasteiger partial charge in [0.2, 0.25) is 0 Å². The Morgan fingerprint density at radius 3 is 2.42 bits per heavy atom. The fourth-order valence-electron chi connectivity index (χ4n) is 0.964. The summed E-state index contributed by atoms with van der Waals surface area (Å²) >= 11 is 0. The number of carbonyl (C=O) groups is 1. The maximum Gasteiger partial charge on any atom is 0.195 e. The molecule has 4 atom stereocenters. The smallest absolute Gasteiger partial charge is 0.195 e. The Bertz CT molecular complexity index is 177. The van der Waals surface area contributed by atoms with Crippen molar-refractivity contribution in [3.05, 3.63) is 0 Å². The number of ketones is 1. The highest BCUT2D eigenvalue weighted by Gasteiger charge is 2.42. The summed E-state index contributed by atoms with van der Waals surface area (Å²) in [5, 5.41) is 35.3. The number of aliphatic hydroxyl groups excluding tert-OH is 4. The van der Waals surface area contributed by atoms with Crippen LogP contribution in [0.4, 0.5) is 0 Å². The molecule has 0 radical (unpaired) electrons. The van der Waals surface area contributed by atoms with Crippen LogP contribution in [0.1, 0.15) is 0 Å². The molecule has 0 aromatic rings. The minimum absolute atomic E-state index is 0.625. The van der Waals surface area contributed by atoms with Crippen LogP contribution < -0.4 is 0 Å². The Labute approximate surface area is 68.0 Å². The number of hydrogen-bond acceptors (Lipinski definition) is 6. The second-order valence-electron chi connectivity index (χ2n) is 2.54. The molecule has 0 aromatic heterocycles. The summed E-state index contributed by atoms with van der Waals surface area (Å²) in [6.07, 6.45) is -6.21. The van der Waals surface area contributed by atoms with Gasteiger partial charge in [0.25, 0.3) is 0 Å². The van der Waals surface area contributed by atoms with E-state index in [-0.39, 0.29) is 0 Å². The molecule has 1 fully saturated rings. The molecule has 0 saturated carbocycles. The van der Waals surface area contributed by atoms with Gasteiger partial charge in [-0.1, -0.05) is 0 Å². The summed E-state index contributed by atoms with van der Waals surface area (Å²) in [7, 11) is 0. The molecule has 0 aromatic carbocycles. The number of ether oxygens (including phenoxy) is 1. The van der Waals surface area contributed by atoms with Gasteiger partial charge in [0.1, 0.15) is 18.3 Å². The van der Waals surface area contributed by atoms with E-state index in [1.807, 2.05) is 0 Å². The fourth-order valence-corrected chi connectivity index (χ4v) is 0.964. The highest BCUT2D eigenvalue weighted by Crippen LogP contribution is 2.15. The third-order valence-corrected chi connectivity index (χ3v) is 1.69. The lowest BCUT2D eigenvalue weighted by Crippen LogP contribution is -2.55. The molecule has 1 aliphatic rings. The van der Waals surface area contributed by atoms with E-state index in [1.54, 1.807) is 0 Å². The van der Waals surface area contributed by atoms with Crippen molar-refractivity contribution in [2.24, 2.45) is 0 Å². The van der Waals surface area contributed by atoms with Gasteiger partial charge < -0.3 is 25.2 Å². The van der Waals surface area contributed by atoms with Crippen LogP contribution in [0.25, 0.3) is 0 Å². The van der Waals surface area contributed by atoms with Crippen molar-refractivity contribution < 1.29 is 30.0 Å². The normalized spacial score (nSPS) is 43.2. The van der Waals surface area contributed by atoms with E-state index in [1.165, 1.54) is 0 Å². The van der Waals surface area contributed by atoms with Crippen LogP contribution in [0.2, 0.25) is 0 Å². The largest absolute Gasteiger partial charge is 0.393 e. The van der Waals surface area contributed by atoms with Gasteiger partial charge in [-0.15, -0.1) is 0 Å². The van der Waals surface area contributed by atoms with E-state index in [0.717, 1.165) is 0 Å². The van der Waals surface area contributed by atoms with Crippen LogP contribution in [0.15, 0.2) is 0 Å². The molecule has 0 bridgehead atoms. The summed E-state index contributed by atoms with van der Waals surface area (Å²) in [5.74, 6) is -0.824. The van der Waals surface area contributed by atoms with Gasteiger partial charge in [-0.3, -0.25) is 4.79 Å². The third kappa shape index (κ3) is 1.47. The lowest BCUT2D eigenvalue weighted by atomic mass is 10.0. The molecule has 0 unspecified atom stereocenters. The molecule has 12 heavy (non-hydrogen) atoms. The topological polar surface area (TPSA) is 107 Å². The summed E-state index contributed by atoms with van der Waals surface area (Å²) in [6, 6.07) is 0. The van der Waals surface area contributed by atoms with Crippen LogP contribution in [-0.2, 0) is 9.53 Å². The van der Waals surface area contributed by atoms with Crippen molar-refractivity contribution in [2.45, 2.75) is 24.6 Å². The Morgan fingerprint density at radius 2 is 1.92 bits per heavy atom. The van der Waals surface area contributed by atoms with Crippen molar-refractivity contribution in [2.75, 3.05) is 6.61 Å². The Balaban J connectivity index is 2.70. The predicted octanol–water partition coefficient (Wildman–Crippen LogP) is -3.01. The molecule has 1 heterocycles. The van der Waals surface area contributed by atoms with Crippen molar-refractivity contribution in [1.29, 1.82) is 0 Å². The summed E-state index contributed by atoms with van der Waals surface area (Å²) in [4.78, 5) is 10.9. The molecule has 6 nitrogen and oxygen atoms in total. The van der Waals surface area contributed by atoms with Crippen molar-refractivity contribution >= 4 is 5.78 Å². The Morgan fingerprint density at radius 1 is 1.33 bits per heavy atom. The van der Waals surface area contributed by atoms with E-state index < -0.39 is 37.0 Å². The first kappa shape index (κ1) is 9.56. The lowest BCUT2D eigenvalue weighted by molar-refractivity contribution is -0.239. The first-order chi connectivity index (χ1) is 5.57. The van der Waals surface area contributed by atoms with Gasteiger partial charge in [0.05, 0.1) is 6.61 Å². The highest BCUT2D eigenvalue weighted by molar-refractivity contribution is 5.88. The summed E-state index contributed by atoms with van der Waals surface area (Å²) < 4.78 is 4.48. The quantitative estimate of drug-likeness (QED) is 0.340. The van der Waals surface area contributed by atoms with E-state index in [4.69, 9.17) is 20.4 Å². The minimum atomic E-state index is -1.69. The van der Waals surface area contributed by atoms with Crippen LogP contribution in [0.3, 0.4) is 0 Å². The van der Waals surface area contributed by atoms with E-state index in [9.17, 15) is 4.79 Å². The van der Waals surface area contributed by atoms with Crippen molar-refractivity contribution in [3.63, 3.8) is 0 Å². The van der Waals surface area contributed by atoms with Crippen LogP contribution in [0.5, 0.6) is 0 Å². The molecule has 0 amide bonds. The summed E-state index contributed by atoms with van der Waals surface area (Å²) in [5.41, 5.74) is 0. The summed E-state index contributed by atoms with van der Waals surface area (Å²) in [6.45, 7) is -0.625. The molecule has 6 heteroatoms. The van der Waals surface area contributed by atoms with E-state index in [0.29, 0.717) is 0 Å². The molecule has 1 saturated heterocycles. The minimum Gasteiger partial charge on any atom is -0.393 e. The van der Waals surface area contributed by atoms with Crippen LogP contribution >= 0.6 is 0 Å². The average molecular weight is 178 g/mol. The van der Waals surface area contributed by atoms with Gasteiger partial charge >= 0.3 is 0 Å². The molecule has 1 rings (SSSR count). The number of rotatable bonds is 1.